The zero-order valence-electron chi connectivity index (χ0n) is 11.5. The van der Waals surface area contributed by atoms with Crippen LogP contribution in [0.15, 0.2) is 17.3 Å². The van der Waals surface area contributed by atoms with E-state index >= 15 is 0 Å². The molecule has 2 aromatic heterocycles. The van der Waals surface area contributed by atoms with Crippen LogP contribution in [0.5, 0.6) is 0 Å². The SMILES string of the molecule is NNc1ccc(Cl)c(CSc2nnc3n2CCCCC3)n1. The molecule has 0 atom stereocenters. The van der Waals surface area contributed by atoms with E-state index in [9.17, 15) is 0 Å². The third kappa shape index (κ3) is 3.30. The minimum atomic E-state index is 0.607. The molecule has 3 rings (SSSR count). The summed E-state index contributed by atoms with van der Waals surface area (Å²) in [5, 5.41) is 10.2. The molecule has 1 aliphatic heterocycles. The first-order valence-corrected chi connectivity index (χ1v) is 8.31. The van der Waals surface area contributed by atoms with Gasteiger partial charge >= 0.3 is 0 Å². The third-order valence-corrected chi connectivity index (χ3v) is 4.80. The van der Waals surface area contributed by atoms with Gasteiger partial charge in [0.25, 0.3) is 0 Å². The van der Waals surface area contributed by atoms with E-state index in [1.807, 2.05) is 0 Å². The topological polar surface area (TPSA) is 81.6 Å². The van der Waals surface area contributed by atoms with Crippen LogP contribution in [0, 0.1) is 0 Å². The molecule has 1 aliphatic rings. The van der Waals surface area contributed by atoms with Gasteiger partial charge in [-0.2, -0.15) is 0 Å². The van der Waals surface area contributed by atoms with E-state index in [1.165, 1.54) is 19.3 Å². The summed E-state index contributed by atoms with van der Waals surface area (Å²) in [7, 11) is 0. The number of hydrogen-bond acceptors (Lipinski definition) is 6. The van der Waals surface area contributed by atoms with Crippen molar-refractivity contribution >= 4 is 29.2 Å². The molecule has 0 aliphatic carbocycles. The molecule has 0 saturated carbocycles. The number of nitrogens with zero attached hydrogens (tertiary/aromatic N) is 4. The fraction of sp³-hybridized carbons (Fsp3) is 0.462. The van der Waals surface area contributed by atoms with Crippen molar-refractivity contribution < 1.29 is 0 Å². The van der Waals surface area contributed by atoms with Crippen LogP contribution >= 0.6 is 23.4 Å². The molecule has 8 heteroatoms. The molecule has 0 unspecified atom stereocenters. The Morgan fingerprint density at radius 3 is 3.05 bits per heavy atom. The lowest BCUT2D eigenvalue weighted by Crippen LogP contribution is -2.09. The van der Waals surface area contributed by atoms with Gasteiger partial charge < -0.3 is 9.99 Å². The summed E-state index contributed by atoms with van der Waals surface area (Å²) < 4.78 is 2.22. The summed E-state index contributed by atoms with van der Waals surface area (Å²) in [5.41, 5.74) is 3.33. The van der Waals surface area contributed by atoms with E-state index in [0.29, 0.717) is 16.6 Å². The highest BCUT2D eigenvalue weighted by atomic mass is 35.5. The molecule has 21 heavy (non-hydrogen) atoms. The summed E-state index contributed by atoms with van der Waals surface area (Å²) >= 11 is 7.79. The van der Waals surface area contributed by atoms with E-state index in [-0.39, 0.29) is 0 Å². The number of fused-ring (bicyclic) bond motifs is 1. The highest BCUT2D eigenvalue weighted by molar-refractivity contribution is 7.98. The van der Waals surface area contributed by atoms with Crippen LogP contribution in [0.25, 0.3) is 0 Å². The highest BCUT2D eigenvalue weighted by Crippen LogP contribution is 2.27. The molecule has 0 saturated heterocycles. The van der Waals surface area contributed by atoms with Gasteiger partial charge in [0.05, 0.1) is 10.7 Å². The Kier molecular flexibility index (Phi) is 4.62. The van der Waals surface area contributed by atoms with Gasteiger partial charge in [0.2, 0.25) is 0 Å². The summed E-state index contributed by atoms with van der Waals surface area (Å²) in [6, 6.07) is 3.55. The minimum Gasteiger partial charge on any atom is -0.308 e. The monoisotopic (exact) mass is 324 g/mol. The highest BCUT2D eigenvalue weighted by Gasteiger charge is 2.15. The number of nitrogen functional groups attached to an aromatic ring is 1. The van der Waals surface area contributed by atoms with Crippen LogP contribution in [0.2, 0.25) is 5.02 Å². The maximum atomic E-state index is 6.18. The van der Waals surface area contributed by atoms with Gasteiger partial charge in [-0.3, -0.25) is 0 Å². The lowest BCUT2D eigenvalue weighted by atomic mass is 10.2. The number of aryl methyl sites for hydroxylation is 1. The van der Waals surface area contributed by atoms with Crippen LogP contribution in [0.1, 0.15) is 30.8 Å². The lowest BCUT2D eigenvalue weighted by Gasteiger charge is -2.08. The van der Waals surface area contributed by atoms with Crippen molar-refractivity contribution in [1.82, 2.24) is 19.7 Å². The van der Waals surface area contributed by atoms with Gasteiger partial charge in [-0.15, -0.1) is 10.2 Å². The van der Waals surface area contributed by atoms with E-state index < -0.39 is 0 Å². The number of hydrogen-bond donors (Lipinski definition) is 2. The Bertz CT molecular complexity index is 629. The fourth-order valence-corrected chi connectivity index (χ4v) is 3.55. The lowest BCUT2D eigenvalue weighted by molar-refractivity contribution is 0.591. The van der Waals surface area contributed by atoms with Crippen molar-refractivity contribution in [3.05, 3.63) is 28.7 Å². The van der Waals surface area contributed by atoms with E-state index in [1.54, 1.807) is 23.9 Å². The molecular weight excluding hydrogens is 308 g/mol. The molecule has 112 valence electrons. The number of nitrogens with one attached hydrogen (secondary N) is 1. The fourth-order valence-electron chi connectivity index (χ4n) is 2.36. The van der Waals surface area contributed by atoms with Crippen molar-refractivity contribution in [2.45, 2.75) is 43.1 Å². The number of anilines is 1. The van der Waals surface area contributed by atoms with Crippen molar-refractivity contribution in [2.24, 2.45) is 5.84 Å². The van der Waals surface area contributed by atoms with E-state index in [2.05, 4.69) is 25.2 Å². The van der Waals surface area contributed by atoms with Crippen molar-refractivity contribution in [3.8, 4) is 0 Å². The normalized spacial score (nSPS) is 14.6. The van der Waals surface area contributed by atoms with Crippen LogP contribution in [-0.4, -0.2) is 19.7 Å². The van der Waals surface area contributed by atoms with Crippen LogP contribution in [0.4, 0.5) is 5.82 Å². The minimum absolute atomic E-state index is 0.607. The van der Waals surface area contributed by atoms with Gasteiger partial charge in [-0.05, 0) is 25.0 Å². The molecule has 0 fully saturated rings. The van der Waals surface area contributed by atoms with Crippen LogP contribution < -0.4 is 11.3 Å². The Hall–Kier alpha value is -1.31. The summed E-state index contributed by atoms with van der Waals surface area (Å²) in [6.07, 6.45) is 4.65. The quantitative estimate of drug-likeness (QED) is 0.511. The Morgan fingerprint density at radius 1 is 1.29 bits per heavy atom. The molecule has 0 radical (unpaired) electrons. The molecule has 0 amide bonds. The number of pyridine rings is 1. The van der Waals surface area contributed by atoms with Gasteiger partial charge in [-0.1, -0.05) is 29.8 Å². The van der Waals surface area contributed by atoms with Gasteiger partial charge in [0.1, 0.15) is 11.6 Å². The average molecular weight is 325 g/mol. The van der Waals surface area contributed by atoms with Crippen molar-refractivity contribution in [2.75, 3.05) is 5.43 Å². The summed E-state index contributed by atoms with van der Waals surface area (Å²) in [5.74, 6) is 7.72. The van der Waals surface area contributed by atoms with E-state index in [0.717, 1.165) is 29.6 Å². The number of thioether (sulfide) groups is 1. The summed E-state index contributed by atoms with van der Waals surface area (Å²) in [6.45, 7) is 0.996. The van der Waals surface area contributed by atoms with Crippen molar-refractivity contribution in [1.29, 1.82) is 0 Å². The molecule has 3 heterocycles. The summed E-state index contributed by atoms with van der Waals surface area (Å²) in [4.78, 5) is 4.37. The Balaban J connectivity index is 1.75. The number of rotatable bonds is 4. The first-order chi connectivity index (χ1) is 10.3. The zero-order valence-corrected chi connectivity index (χ0v) is 13.1. The first kappa shape index (κ1) is 14.6. The second-order valence-corrected chi connectivity index (χ2v) is 6.27. The zero-order chi connectivity index (χ0) is 14.7. The number of nitrogens with two attached hydrogens (primary N) is 1. The smallest absolute Gasteiger partial charge is 0.191 e. The number of aromatic nitrogens is 4. The van der Waals surface area contributed by atoms with Crippen LogP contribution in [-0.2, 0) is 18.7 Å². The predicted molar refractivity (Wildman–Crippen MR) is 84.2 cm³/mol. The molecular formula is C13H17ClN6S. The number of halogens is 1. The standard InChI is InChI=1S/C13H17ClN6S/c14-9-5-6-11(17-15)16-10(9)8-21-13-19-18-12-4-2-1-3-7-20(12)13/h5-6H,1-4,7-8,15H2,(H,16,17). The van der Waals surface area contributed by atoms with Gasteiger partial charge in [0, 0.05) is 18.7 Å². The first-order valence-electron chi connectivity index (χ1n) is 6.95. The third-order valence-electron chi connectivity index (χ3n) is 3.48. The molecule has 0 aromatic carbocycles. The average Bonchev–Trinajstić information content (AvgIpc) is 2.73. The van der Waals surface area contributed by atoms with Gasteiger partial charge in [-0.25, -0.2) is 10.8 Å². The van der Waals surface area contributed by atoms with Crippen molar-refractivity contribution in [3.63, 3.8) is 0 Å². The Labute approximate surface area is 132 Å². The maximum Gasteiger partial charge on any atom is 0.191 e. The molecule has 3 N–H and O–H groups in total. The maximum absolute atomic E-state index is 6.18. The molecule has 2 aromatic rings. The largest absolute Gasteiger partial charge is 0.308 e. The van der Waals surface area contributed by atoms with Gasteiger partial charge in [0.15, 0.2) is 5.16 Å². The molecule has 6 nitrogen and oxygen atoms in total. The number of hydrazine groups is 1. The molecule has 0 bridgehead atoms. The predicted octanol–water partition coefficient (Wildman–Crippen LogP) is 2.63. The van der Waals surface area contributed by atoms with E-state index in [4.69, 9.17) is 17.4 Å². The van der Waals surface area contributed by atoms with Crippen LogP contribution in [0.3, 0.4) is 0 Å². The Morgan fingerprint density at radius 2 is 2.19 bits per heavy atom. The molecule has 0 spiro atoms. The second-order valence-electron chi connectivity index (χ2n) is 4.92. The second kappa shape index (κ2) is 6.64.